The Balaban J connectivity index is 2.03. The van der Waals surface area contributed by atoms with Crippen molar-refractivity contribution in [1.29, 1.82) is 0 Å². The molecular weight excluding hydrogens is 328 g/mol. The van der Waals surface area contributed by atoms with Crippen molar-refractivity contribution in [2.75, 3.05) is 24.2 Å². The number of hydrogen-bond acceptors (Lipinski definition) is 4. The molecule has 2 rings (SSSR count). The van der Waals surface area contributed by atoms with Gasteiger partial charge in [-0.25, -0.2) is 8.42 Å². The first-order valence-corrected chi connectivity index (χ1v) is 10.2. The number of rotatable bonds is 7. The first-order valence-electron chi connectivity index (χ1n) is 8.32. The number of methoxy groups -OCH3 is 1. The average molecular weight is 354 g/mol. The van der Waals surface area contributed by atoms with E-state index in [-0.39, 0.29) is 24.9 Å². The lowest BCUT2D eigenvalue weighted by atomic mass is 9.95. The van der Waals surface area contributed by atoms with Crippen LogP contribution >= 0.6 is 0 Å². The molecule has 0 saturated heterocycles. The van der Waals surface area contributed by atoms with Gasteiger partial charge in [0.25, 0.3) is 0 Å². The molecule has 1 saturated carbocycles. The molecule has 0 aromatic heterocycles. The number of amides is 1. The molecule has 1 aliphatic carbocycles. The fourth-order valence-electron chi connectivity index (χ4n) is 3.05. The zero-order chi connectivity index (χ0) is 17.6. The zero-order valence-corrected chi connectivity index (χ0v) is 15.1. The Kier molecular flexibility index (Phi) is 6.48. The number of anilines is 1. The zero-order valence-electron chi connectivity index (χ0n) is 14.3. The van der Waals surface area contributed by atoms with Crippen LogP contribution in [0.2, 0.25) is 0 Å². The van der Waals surface area contributed by atoms with Crippen LogP contribution in [0.3, 0.4) is 0 Å². The normalized spacial score (nSPS) is 15.8. The molecule has 1 aliphatic rings. The third kappa shape index (κ3) is 5.12. The first-order chi connectivity index (χ1) is 11.4. The maximum absolute atomic E-state index is 12.2. The molecule has 24 heavy (non-hydrogen) atoms. The number of benzene rings is 1. The number of sulfonamides is 1. The van der Waals surface area contributed by atoms with Crippen LogP contribution in [0.15, 0.2) is 24.3 Å². The van der Waals surface area contributed by atoms with Gasteiger partial charge in [0.1, 0.15) is 5.75 Å². The van der Waals surface area contributed by atoms with Crippen molar-refractivity contribution in [2.24, 2.45) is 0 Å². The minimum absolute atomic E-state index is 0.0950. The Labute approximate surface area is 144 Å². The molecule has 0 unspecified atom stereocenters. The molecular formula is C17H26N2O4S. The molecule has 1 fully saturated rings. The first kappa shape index (κ1) is 18.6. The smallest absolute Gasteiger partial charge is 0.232 e. The van der Waals surface area contributed by atoms with Gasteiger partial charge in [0, 0.05) is 19.0 Å². The van der Waals surface area contributed by atoms with Gasteiger partial charge < -0.3 is 10.1 Å². The molecule has 1 aromatic carbocycles. The topological polar surface area (TPSA) is 75.7 Å². The van der Waals surface area contributed by atoms with E-state index >= 15 is 0 Å². The lowest BCUT2D eigenvalue weighted by Crippen LogP contribution is -2.39. The van der Waals surface area contributed by atoms with E-state index in [2.05, 4.69) is 5.32 Å². The summed E-state index contributed by atoms with van der Waals surface area (Å²) in [5.41, 5.74) is 0.452. The number of nitrogens with zero attached hydrogens (tertiary/aromatic N) is 1. The van der Waals surface area contributed by atoms with Gasteiger partial charge in [0.05, 0.1) is 19.1 Å². The molecule has 0 spiro atoms. The summed E-state index contributed by atoms with van der Waals surface area (Å²) >= 11 is 0. The van der Waals surface area contributed by atoms with E-state index in [0.29, 0.717) is 11.4 Å². The average Bonchev–Trinajstić information content (AvgIpc) is 2.55. The predicted molar refractivity (Wildman–Crippen MR) is 94.8 cm³/mol. The van der Waals surface area contributed by atoms with Crippen LogP contribution in [-0.4, -0.2) is 40.3 Å². The Morgan fingerprint density at radius 3 is 2.54 bits per heavy atom. The number of nitrogens with one attached hydrogen (secondary N) is 1. The van der Waals surface area contributed by atoms with Gasteiger partial charge >= 0.3 is 0 Å². The van der Waals surface area contributed by atoms with Crippen LogP contribution in [0, 0.1) is 0 Å². The second kappa shape index (κ2) is 8.37. The summed E-state index contributed by atoms with van der Waals surface area (Å²) in [6.45, 7) is 0.0950. The largest absolute Gasteiger partial charge is 0.495 e. The number of hydrogen-bond donors (Lipinski definition) is 1. The quantitative estimate of drug-likeness (QED) is 0.815. The third-order valence-electron chi connectivity index (χ3n) is 4.27. The molecule has 0 heterocycles. The summed E-state index contributed by atoms with van der Waals surface area (Å²) in [7, 11) is -2.01. The van der Waals surface area contributed by atoms with E-state index in [0.717, 1.165) is 31.9 Å². The molecule has 1 aromatic rings. The molecule has 6 nitrogen and oxygen atoms in total. The highest BCUT2D eigenvalue weighted by molar-refractivity contribution is 7.92. The SMILES string of the molecule is COc1ccccc1N(CCC(=O)NC1CCCCC1)S(C)(=O)=O. The van der Waals surface area contributed by atoms with Crippen LogP contribution < -0.4 is 14.4 Å². The second-order valence-corrected chi connectivity index (χ2v) is 8.07. The van der Waals surface area contributed by atoms with Gasteiger partial charge in [0.15, 0.2) is 0 Å². The Morgan fingerprint density at radius 1 is 1.25 bits per heavy atom. The summed E-state index contributed by atoms with van der Waals surface area (Å²) in [4.78, 5) is 12.2. The van der Waals surface area contributed by atoms with Crippen molar-refractivity contribution in [3.63, 3.8) is 0 Å². The van der Waals surface area contributed by atoms with Crippen molar-refractivity contribution in [2.45, 2.75) is 44.6 Å². The van der Waals surface area contributed by atoms with Gasteiger partial charge in [-0.3, -0.25) is 9.10 Å². The van der Waals surface area contributed by atoms with Crippen LogP contribution in [-0.2, 0) is 14.8 Å². The summed E-state index contributed by atoms with van der Waals surface area (Å²) in [6, 6.07) is 7.13. The highest BCUT2D eigenvalue weighted by Gasteiger charge is 2.22. The predicted octanol–water partition coefficient (Wildman–Crippen LogP) is 2.30. The van der Waals surface area contributed by atoms with Gasteiger partial charge in [-0.1, -0.05) is 31.4 Å². The lowest BCUT2D eigenvalue weighted by molar-refractivity contribution is -0.121. The van der Waals surface area contributed by atoms with Crippen LogP contribution in [0.25, 0.3) is 0 Å². The Morgan fingerprint density at radius 2 is 1.92 bits per heavy atom. The molecule has 134 valence electrons. The summed E-state index contributed by atoms with van der Waals surface area (Å²) in [5.74, 6) is 0.362. The fourth-order valence-corrected chi connectivity index (χ4v) is 3.98. The summed E-state index contributed by atoms with van der Waals surface area (Å²) in [6.07, 6.45) is 6.79. The molecule has 0 radical (unpaired) electrons. The highest BCUT2D eigenvalue weighted by Crippen LogP contribution is 2.29. The van der Waals surface area contributed by atoms with Crippen molar-refractivity contribution < 1.29 is 17.9 Å². The number of carbonyl (C=O) groups excluding carboxylic acids is 1. The van der Waals surface area contributed by atoms with E-state index in [9.17, 15) is 13.2 Å². The van der Waals surface area contributed by atoms with E-state index in [1.807, 2.05) is 0 Å². The standard InChI is InChI=1S/C17H26N2O4S/c1-23-16-11-7-6-10-15(16)19(24(2,21)22)13-12-17(20)18-14-8-4-3-5-9-14/h6-7,10-11,14H,3-5,8-9,12-13H2,1-2H3,(H,18,20). The monoisotopic (exact) mass is 354 g/mol. The van der Waals surface area contributed by atoms with Crippen molar-refractivity contribution in [3.8, 4) is 5.75 Å². The maximum Gasteiger partial charge on any atom is 0.232 e. The summed E-state index contributed by atoms with van der Waals surface area (Å²) in [5, 5.41) is 3.01. The van der Waals surface area contributed by atoms with Crippen molar-refractivity contribution in [1.82, 2.24) is 5.32 Å². The van der Waals surface area contributed by atoms with Gasteiger partial charge in [0.2, 0.25) is 15.9 Å². The van der Waals surface area contributed by atoms with Crippen molar-refractivity contribution in [3.05, 3.63) is 24.3 Å². The van der Waals surface area contributed by atoms with Crippen LogP contribution in [0.4, 0.5) is 5.69 Å². The Hall–Kier alpha value is -1.76. The van der Waals surface area contributed by atoms with Gasteiger partial charge in [-0.2, -0.15) is 0 Å². The van der Waals surface area contributed by atoms with Gasteiger partial charge in [-0.15, -0.1) is 0 Å². The fraction of sp³-hybridized carbons (Fsp3) is 0.588. The minimum atomic E-state index is -3.51. The molecule has 1 amide bonds. The van der Waals surface area contributed by atoms with Crippen LogP contribution in [0.1, 0.15) is 38.5 Å². The lowest BCUT2D eigenvalue weighted by Gasteiger charge is -2.25. The van der Waals surface area contributed by atoms with Gasteiger partial charge in [-0.05, 0) is 25.0 Å². The molecule has 0 atom stereocenters. The second-order valence-electron chi connectivity index (χ2n) is 6.16. The highest BCUT2D eigenvalue weighted by atomic mass is 32.2. The number of ether oxygens (including phenoxy) is 1. The van der Waals surface area contributed by atoms with E-state index < -0.39 is 10.0 Å². The number of para-hydroxylation sites is 2. The van der Waals surface area contributed by atoms with E-state index in [1.165, 1.54) is 17.8 Å². The van der Waals surface area contributed by atoms with E-state index in [4.69, 9.17) is 4.74 Å². The molecule has 7 heteroatoms. The summed E-state index contributed by atoms with van der Waals surface area (Å²) < 4.78 is 30.8. The Bertz CT molecular complexity index is 654. The number of carbonyl (C=O) groups is 1. The van der Waals surface area contributed by atoms with Crippen LogP contribution in [0.5, 0.6) is 5.75 Å². The van der Waals surface area contributed by atoms with E-state index in [1.54, 1.807) is 24.3 Å². The van der Waals surface area contributed by atoms with Crippen molar-refractivity contribution >= 4 is 21.6 Å². The maximum atomic E-state index is 12.2. The molecule has 0 bridgehead atoms. The molecule has 0 aliphatic heterocycles. The minimum Gasteiger partial charge on any atom is -0.495 e. The molecule has 1 N–H and O–H groups in total. The third-order valence-corrected chi connectivity index (χ3v) is 5.45.